The zero-order valence-corrected chi connectivity index (χ0v) is 14.8. The largest absolute Gasteiger partial charge is 0.496 e. The molecular weight excluding hydrogens is 339 g/mol. The second-order valence-electron chi connectivity index (χ2n) is 5.50. The highest BCUT2D eigenvalue weighted by Crippen LogP contribution is 2.35. The molecule has 0 amide bonds. The lowest BCUT2D eigenvalue weighted by Gasteiger charge is -2.12. The number of hydrogen-bond acceptors (Lipinski definition) is 5. The van der Waals surface area contributed by atoms with Gasteiger partial charge in [0.25, 0.3) is 0 Å². The van der Waals surface area contributed by atoms with Crippen LogP contribution in [0.15, 0.2) is 48.6 Å². The van der Waals surface area contributed by atoms with Crippen LogP contribution in [0.25, 0.3) is 11.1 Å². The van der Waals surface area contributed by atoms with Crippen LogP contribution < -0.4 is 14.2 Å². The summed E-state index contributed by atoms with van der Waals surface area (Å²) < 4.78 is 29.6. The summed E-state index contributed by atoms with van der Waals surface area (Å²) in [7, 11) is 1.46. The number of rotatable bonds is 6. The highest BCUT2D eigenvalue weighted by Gasteiger charge is 2.14. The van der Waals surface area contributed by atoms with Crippen molar-refractivity contribution in [3.8, 4) is 28.4 Å². The van der Waals surface area contributed by atoms with E-state index >= 15 is 0 Å². The van der Waals surface area contributed by atoms with Gasteiger partial charge in [0.1, 0.15) is 11.5 Å². The summed E-state index contributed by atoms with van der Waals surface area (Å²) in [5.41, 5.74) is 1.38. The van der Waals surface area contributed by atoms with Gasteiger partial charge in [0.2, 0.25) is 0 Å². The Kier molecular flexibility index (Phi) is 6.11. The van der Waals surface area contributed by atoms with Crippen molar-refractivity contribution in [1.82, 2.24) is 0 Å². The second kappa shape index (κ2) is 8.29. The molecule has 0 aliphatic heterocycles. The second-order valence-corrected chi connectivity index (χ2v) is 5.50. The molecule has 0 fully saturated rings. The maximum absolute atomic E-state index is 14.2. The molecule has 0 heterocycles. The van der Waals surface area contributed by atoms with Crippen LogP contribution >= 0.6 is 0 Å². The predicted molar refractivity (Wildman–Crippen MR) is 94.8 cm³/mol. The van der Waals surface area contributed by atoms with E-state index < -0.39 is 17.8 Å². The van der Waals surface area contributed by atoms with Gasteiger partial charge < -0.3 is 14.2 Å². The Labute approximate surface area is 151 Å². The Hall–Kier alpha value is -3.15. The van der Waals surface area contributed by atoms with Gasteiger partial charge in [-0.3, -0.25) is 4.79 Å². The highest BCUT2D eigenvalue weighted by atomic mass is 19.1. The normalized spacial score (nSPS) is 10.2. The zero-order valence-electron chi connectivity index (χ0n) is 14.8. The minimum Gasteiger partial charge on any atom is -0.496 e. The molecule has 2 aromatic carbocycles. The molecule has 0 aliphatic rings. The lowest BCUT2D eigenvalue weighted by atomic mass is 10.0. The fourth-order valence-electron chi connectivity index (χ4n) is 2.11. The molecule has 0 bridgehead atoms. The van der Waals surface area contributed by atoms with E-state index in [1.807, 2.05) is 0 Å². The van der Waals surface area contributed by atoms with Crippen LogP contribution in [0.5, 0.6) is 17.2 Å². The van der Waals surface area contributed by atoms with Crippen LogP contribution in [-0.2, 0) is 9.59 Å². The number of benzene rings is 2. The standard InChI is InChI=1S/C20H19FO5/c1-5-19(22)26-17-9-6-13(10-16(17)21)15-8-7-14(11-18(15)24-4)25-20(23)12(2)3/h6-11H,2,5H2,1,3-4H3. The molecular formula is C20H19FO5. The third-order valence-electron chi connectivity index (χ3n) is 3.49. The van der Waals surface area contributed by atoms with E-state index in [-0.39, 0.29) is 23.5 Å². The summed E-state index contributed by atoms with van der Waals surface area (Å²) in [6.45, 7) is 6.69. The summed E-state index contributed by atoms with van der Waals surface area (Å²) in [6, 6.07) is 8.98. The molecule has 5 nitrogen and oxygen atoms in total. The summed E-state index contributed by atoms with van der Waals surface area (Å²) in [5.74, 6) is -1.18. The van der Waals surface area contributed by atoms with Crippen LogP contribution in [0.3, 0.4) is 0 Å². The van der Waals surface area contributed by atoms with Crippen molar-refractivity contribution in [2.24, 2.45) is 0 Å². The molecule has 0 saturated heterocycles. The lowest BCUT2D eigenvalue weighted by molar-refractivity contribution is -0.134. The monoisotopic (exact) mass is 358 g/mol. The lowest BCUT2D eigenvalue weighted by Crippen LogP contribution is -2.08. The fourth-order valence-corrected chi connectivity index (χ4v) is 2.11. The fraction of sp³-hybridized carbons (Fsp3) is 0.200. The minimum absolute atomic E-state index is 0.133. The molecule has 0 radical (unpaired) electrons. The number of carbonyl (C=O) groups excluding carboxylic acids is 2. The van der Waals surface area contributed by atoms with Crippen molar-refractivity contribution in [3.05, 3.63) is 54.4 Å². The quantitative estimate of drug-likeness (QED) is 0.438. The first kappa shape index (κ1) is 19.2. The van der Waals surface area contributed by atoms with Crippen LogP contribution in [-0.4, -0.2) is 19.0 Å². The van der Waals surface area contributed by atoms with Gasteiger partial charge in [-0.15, -0.1) is 0 Å². The molecule has 0 N–H and O–H groups in total. The van der Waals surface area contributed by atoms with Crippen LogP contribution in [0, 0.1) is 5.82 Å². The van der Waals surface area contributed by atoms with Crippen molar-refractivity contribution in [2.75, 3.05) is 7.11 Å². The maximum Gasteiger partial charge on any atom is 0.338 e. The van der Waals surface area contributed by atoms with Gasteiger partial charge in [-0.25, -0.2) is 9.18 Å². The van der Waals surface area contributed by atoms with Gasteiger partial charge in [-0.2, -0.15) is 0 Å². The molecule has 0 saturated carbocycles. The van der Waals surface area contributed by atoms with Gasteiger partial charge in [-0.05, 0) is 36.8 Å². The average molecular weight is 358 g/mol. The Morgan fingerprint density at radius 1 is 1.08 bits per heavy atom. The molecule has 2 rings (SSSR count). The molecule has 6 heteroatoms. The molecule has 136 valence electrons. The summed E-state index contributed by atoms with van der Waals surface area (Å²) in [6.07, 6.45) is 0.152. The molecule has 0 aliphatic carbocycles. The topological polar surface area (TPSA) is 61.8 Å². The third kappa shape index (κ3) is 4.47. The number of halogens is 1. The molecule has 0 spiro atoms. The van der Waals surface area contributed by atoms with E-state index in [0.29, 0.717) is 16.9 Å². The van der Waals surface area contributed by atoms with E-state index in [2.05, 4.69) is 6.58 Å². The number of carbonyl (C=O) groups is 2. The summed E-state index contributed by atoms with van der Waals surface area (Å²) in [5, 5.41) is 0. The van der Waals surface area contributed by atoms with E-state index in [9.17, 15) is 14.0 Å². The van der Waals surface area contributed by atoms with Crippen LogP contribution in [0.1, 0.15) is 20.3 Å². The number of methoxy groups -OCH3 is 1. The predicted octanol–water partition coefficient (Wildman–Crippen LogP) is 4.30. The van der Waals surface area contributed by atoms with Crippen molar-refractivity contribution in [3.63, 3.8) is 0 Å². The third-order valence-corrected chi connectivity index (χ3v) is 3.49. The number of ether oxygens (including phenoxy) is 3. The first-order chi connectivity index (χ1) is 12.3. The molecule has 0 unspecified atom stereocenters. The SMILES string of the molecule is C=C(C)C(=O)Oc1ccc(-c2ccc(OC(=O)CC)c(F)c2)c(OC)c1. The van der Waals surface area contributed by atoms with Crippen LogP contribution in [0.2, 0.25) is 0 Å². The van der Waals surface area contributed by atoms with Gasteiger partial charge in [0, 0.05) is 23.6 Å². The average Bonchev–Trinajstić information content (AvgIpc) is 2.63. The summed E-state index contributed by atoms with van der Waals surface area (Å²) >= 11 is 0. The minimum atomic E-state index is -0.663. The van der Waals surface area contributed by atoms with Gasteiger partial charge >= 0.3 is 11.9 Å². The van der Waals surface area contributed by atoms with Gasteiger partial charge in [0.15, 0.2) is 11.6 Å². The van der Waals surface area contributed by atoms with E-state index in [0.717, 1.165) is 0 Å². The Bertz CT molecular complexity index is 857. The van der Waals surface area contributed by atoms with E-state index in [1.54, 1.807) is 32.0 Å². The Morgan fingerprint density at radius 3 is 2.38 bits per heavy atom. The molecule has 2 aromatic rings. The van der Waals surface area contributed by atoms with E-state index in [1.165, 1.54) is 25.3 Å². The van der Waals surface area contributed by atoms with Gasteiger partial charge in [-0.1, -0.05) is 19.6 Å². The van der Waals surface area contributed by atoms with Crippen molar-refractivity contribution in [1.29, 1.82) is 0 Å². The zero-order chi connectivity index (χ0) is 19.3. The first-order valence-electron chi connectivity index (χ1n) is 7.92. The smallest absolute Gasteiger partial charge is 0.338 e. The molecule has 0 aromatic heterocycles. The Balaban J connectivity index is 2.33. The first-order valence-corrected chi connectivity index (χ1v) is 7.92. The number of esters is 2. The number of hydrogen-bond donors (Lipinski definition) is 0. The van der Waals surface area contributed by atoms with Crippen molar-refractivity contribution < 1.29 is 28.2 Å². The van der Waals surface area contributed by atoms with Crippen LogP contribution in [0.4, 0.5) is 4.39 Å². The molecule has 0 atom stereocenters. The van der Waals surface area contributed by atoms with Crippen molar-refractivity contribution >= 4 is 11.9 Å². The molecule has 26 heavy (non-hydrogen) atoms. The highest BCUT2D eigenvalue weighted by molar-refractivity contribution is 5.89. The summed E-state index contributed by atoms with van der Waals surface area (Å²) in [4.78, 5) is 22.9. The maximum atomic E-state index is 14.2. The van der Waals surface area contributed by atoms with E-state index in [4.69, 9.17) is 14.2 Å². The Morgan fingerprint density at radius 2 is 1.81 bits per heavy atom. The van der Waals surface area contributed by atoms with Gasteiger partial charge in [0.05, 0.1) is 7.11 Å². The van der Waals surface area contributed by atoms with Crippen molar-refractivity contribution in [2.45, 2.75) is 20.3 Å².